The van der Waals surface area contributed by atoms with E-state index in [-0.39, 0.29) is 12.3 Å². The van der Waals surface area contributed by atoms with E-state index < -0.39 is 29.0 Å². The van der Waals surface area contributed by atoms with Crippen LogP contribution in [0.5, 0.6) is 5.88 Å². The van der Waals surface area contributed by atoms with E-state index in [1.54, 1.807) is 25.1 Å². The number of fused-ring (bicyclic) bond motifs is 1. The molecule has 0 bridgehead atoms. The Bertz CT molecular complexity index is 692. The third kappa shape index (κ3) is 2.48. The summed E-state index contributed by atoms with van der Waals surface area (Å²) in [6.07, 6.45) is 1.97. The summed E-state index contributed by atoms with van der Waals surface area (Å²) in [5.41, 5.74) is -0.834. The van der Waals surface area contributed by atoms with Crippen molar-refractivity contribution in [3.05, 3.63) is 40.3 Å². The molecule has 3 N–H and O–H groups in total. The van der Waals surface area contributed by atoms with Gasteiger partial charge >= 0.3 is 0 Å². The van der Waals surface area contributed by atoms with Crippen LogP contribution < -0.4 is 10.9 Å². The fourth-order valence-corrected chi connectivity index (χ4v) is 1.81. The Morgan fingerprint density at radius 1 is 1.50 bits per heavy atom. The van der Waals surface area contributed by atoms with Crippen LogP contribution >= 0.6 is 0 Å². The lowest BCUT2D eigenvalue weighted by molar-refractivity contribution is 0.0909. The molecule has 0 saturated carbocycles. The Kier molecular flexibility index (Phi) is 3.99. The number of aromatic nitrogens is 2. The summed E-state index contributed by atoms with van der Waals surface area (Å²) < 4.78 is 1.18. The van der Waals surface area contributed by atoms with E-state index in [0.29, 0.717) is 6.42 Å². The Morgan fingerprint density at radius 3 is 2.90 bits per heavy atom. The van der Waals surface area contributed by atoms with Crippen LogP contribution in [0.2, 0.25) is 0 Å². The zero-order chi connectivity index (χ0) is 14.7. The Labute approximate surface area is 114 Å². The molecule has 2 heterocycles. The molecule has 0 spiro atoms. The Morgan fingerprint density at radius 2 is 2.25 bits per heavy atom. The molecule has 2 aromatic heterocycles. The first-order valence-electron chi connectivity index (χ1n) is 6.20. The van der Waals surface area contributed by atoms with Crippen LogP contribution in [0, 0.1) is 0 Å². The van der Waals surface area contributed by atoms with Gasteiger partial charge in [0.15, 0.2) is 5.56 Å². The minimum Gasteiger partial charge on any atom is -0.493 e. The van der Waals surface area contributed by atoms with Gasteiger partial charge in [0, 0.05) is 6.20 Å². The Hall–Kier alpha value is -2.41. The van der Waals surface area contributed by atoms with Crippen molar-refractivity contribution in [1.82, 2.24) is 14.7 Å². The summed E-state index contributed by atoms with van der Waals surface area (Å²) in [7, 11) is 0. The smallest absolute Gasteiger partial charge is 0.274 e. The monoisotopic (exact) mass is 277 g/mol. The number of nitrogens with zero attached hydrogens (tertiary/aromatic N) is 2. The highest BCUT2D eigenvalue weighted by molar-refractivity contribution is 5.96. The van der Waals surface area contributed by atoms with Gasteiger partial charge in [0.05, 0.1) is 12.6 Å². The molecule has 0 aliphatic rings. The van der Waals surface area contributed by atoms with Crippen molar-refractivity contribution in [1.29, 1.82) is 0 Å². The van der Waals surface area contributed by atoms with Crippen molar-refractivity contribution < 1.29 is 15.0 Å². The molecular weight excluding hydrogens is 262 g/mol. The predicted molar refractivity (Wildman–Crippen MR) is 71.8 cm³/mol. The maximum atomic E-state index is 12.2. The van der Waals surface area contributed by atoms with E-state index in [1.165, 1.54) is 10.6 Å². The van der Waals surface area contributed by atoms with Gasteiger partial charge in [-0.25, -0.2) is 0 Å². The summed E-state index contributed by atoms with van der Waals surface area (Å²) in [4.78, 5) is 28.0. The third-order valence-electron chi connectivity index (χ3n) is 2.99. The molecule has 2 aromatic rings. The lowest BCUT2D eigenvalue weighted by atomic mass is 10.2. The van der Waals surface area contributed by atoms with Crippen LogP contribution in [0.4, 0.5) is 0 Å². The van der Waals surface area contributed by atoms with Gasteiger partial charge in [-0.05, 0) is 18.6 Å². The van der Waals surface area contributed by atoms with E-state index in [9.17, 15) is 14.7 Å². The maximum absolute atomic E-state index is 12.2. The van der Waals surface area contributed by atoms with Crippen molar-refractivity contribution in [2.45, 2.75) is 19.4 Å². The van der Waals surface area contributed by atoms with Crippen LogP contribution in [0.15, 0.2) is 29.2 Å². The standard InChI is InChI=1S/C13H15N3O4/c1-2-8(7-17)14-11(18)10-12(19)15-9-5-3-4-6-16(9)13(10)20/h3-6,8,17,19H,2,7H2,1H3,(H,14,18). The van der Waals surface area contributed by atoms with Gasteiger partial charge in [-0.1, -0.05) is 13.0 Å². The molecule has 1 atom stereocenters. The molecule has 20 heavy (non-hydrogen) atoms. The minimum atomic E-state index is -0.751. The fourth-order valence-electron chi connectivity index (χ4n) is 1.81. The molecule has 0 radical (unpaired) electrons. The molecule has 1 amide bonds. The predicted octanol–water partition coefficient (Wildman–Crippen LogP) is -0.0992. The fraction of sp³-hybridized carbons (Fsp3) is 0.308. The van der Waals surface area contributed by atoms with E-state index >= 15 is 0 Å². The van der Waals surface area contributed by atoms with Crippen LogP contribution in [-0.2, 0) is 0 Å². The molecular formula is C13H15N3O4. The second-order valence-electron chi connectivity index (χ2n) is 4.31. The number of aromatic hydroxyl groups is 1. The average molecular weight is 277 g/mol. The minimum absolute atomic E-state index is 0.245. The second kappa shape index (κ2) is 5.70. The number of pyridine rings is 1. The van der Waals surface area contributed by atoms with Gasteiger partial charge < -0.3 is 15.5 Å². The number of carbonyl (C=O) groups is 1. The van der Waals surface area contributed by atoms with Crippen LogP contribution in [-0.4, -0.2) is 38.2 Å². The van der Waals surface area contributed by atoms with Crippen molar-refractivity contribution in [2.75, 3.05) is 6.61 Å². The van der Waals surface area contributed by atoms with E-state index in [0.717, 1.165) is 0 Å². The first kappa shape index (κ1) is 14.0. The second-order valence-corrected chi connectivity index (χ2v) is 4.31. The van der Waals surface area contributed by atoms with Crippen molar-refractivity contribution in [3.8, 4) is 5.88 Å². The number of hydrogen-bond donors (Lipinski definition) is 3. The van der Waals surface area contributed by atoms with Crippen molar-refractivity contribution >= 4 is 11.6 Å². The molecule has 7 nitrogen and oxygen atoms in total. The SMILES string of the molecule is CCC(CO)NC(=O)c1c(O)nc2ccccn2c1=O. The topological polar surface area (TPSA) is 104 Å². The molecule has 0 aliphatic carbocycles. The van der Waals surface area contributed by atoms with Gasteiger partial charge in [-0.2, -0.15) is 4.98 Å². The summed E-state index contributed by atoms with van der Waals surface area (Å²) in [6.45, 7) is 1.54. The number of rotatable bonds is 4. The van der Waals surface area contributed by atoms with Gasteiger partial charge in [-0.3, -0.25) is 14.0 Å². The molecule has 0 saturated heterocycles. The van der Waals surface area contributed by atoms with Gasteiger partial charge in [0.1, 0.15) is 5.65 Å². The quantitative estimate of drug-likeness (QED) is 0.724. The van der Waals surface area contributed by atoms with Gasteiger partial charge in [-0.15, -0.1) is 0 Å². The summed E-state index contributed by atoms with van der Waals surface area (Å²) in [6, 6.07) is 4.36. The van der Waals surface area contributed by atoms with Gasteiger partial charge in [0.2, 0.25) is 5.88 Å². The van der Waals surface area contributed by atoms with E-state index in [4.69, 9.17) is 5.11 Å². The zero-order valence-corrected chi connectivity index (χ0v) is 10.9. The van der Waals surface area contributed by atoms with E-state index in [2.05, 4.69) is 10.3 Å². The van der Waals surface area contributed by atoms with Crippen LogP contribution in [0.3, 0.4) is 0 Å². The number of nitrogens with one attached hydrogen (secondary N) is 1. The lowest BCUT2D eigenvalue weighted by Crippen LogP contribution is -2.40. The van der Waals surface area contributed by atoms with Crippen molar-refractivity contribution in [3.63, 3.8) is 0 Å². The summed E-state index contributed by atoms with van der Waals surface area (Å²) in [5.74, 6) is -1.37. The number of aliphatic hydroxyl groups is 1. The highest BCUT2D eigenvalue weighted by Crippen LogP contribution is 2.11. The number of amides is 1. The molecule has 2 rings (SSSR count). The summed E-state index contributed by atoms with van der Waals surface area (Å²) >= 11 is 0. The average Bonchev–Trinajstić information content (AvgIpc) is 2.44. The normalized spacial score (nSPS) is 12.3. The highest BCUT2D eigenvalue weighted by atomic mass is 16.3. The van der Waals surface area contributed by atoms with Crippen LogP contribution in [0.1, 0.15) is 23.7 Å². The molecule has 1 unspecified atom stereocenters. The van der Waals surface area contributed by atoms with Gasteiger partial charge in [0.25, 0.3) is 11.5 Å². The Balaban J connectivity index is 2.49. The third-order valence-corrected chi connectivity index (χ3v) is 2.99. The first-order chi connectivity index (χ1) is 9.58. The van der Waals surface area contributed by atoms with Crippen molar-refractivity contribution in [2.24, 2.45) is 0 Å². The molecule has 7 heteroatoms. The van der Waals surface area contributed by atoms with E-state index in [1.807, 2.05) is 0 Å². The lowest BCUT2D eigenvalue weighted by Gasteiger charge is -2.14. The zero-order valence-electron chi connectivity index (χ0n) is 10.9. The molecule has 0 aromatic carbocycles. The largest absolute Gasteiger partial charge is 0.493 e. The maximum Gasteiger partial charge on any atom is 0.274 e. The molecule has 0 aliphatic heterocycles. The number of carbonyl (C=O) groups excluding carboxylic acids is 1. The number of hydrogen-bond acceptors (Lipinski definition) is 5. The molecule has 0 fully saturated rings. The molecule has 106 valence electrons. The highest BCUT2D eigenvalue weighted by Gasteiger charge is 2.21. The number of aliphatic hydroxyl groups excluding tert-OH is 1. The van der Waals surface area contributed by atoms with Crippen LogP contribution in [0.25, 0.3) is 5.65 Å². The summed E-state index contributed by atoms with van der Waals surface area (Å²) in [5, 5.41) is 21.3. The first-order valence-corrected chi connectivity index (χ1v) is 6.20.